The third-order valence-electron chi connectivity index (χ3n) is 5.09. The second kappa shape index (κ2) is 9.55. The Bertz CT molecular complexity index is 1350. The third-order valence-corrected chi connectivity index (χ3v) is 5.09. The first-order valence-corrected chi connectivity index (χ1v) is 10.5. The SMILES string of the molecule is Cc1ccnc(NC(=O)Nc2ccc(-c3c(C(=O)NC(C)CO)cn4ncnc(N)c34)cc2)c1. The van der Waals surface area contributed by atoms with Gasteiger partial charge in [0.25, 0.3) is 5.91 Å². The van der Waals surface area contributed by atoms with E-state index in [1.807, 2.05) is 13.0 Å². The molecular weight excluding hydrogens is 436 g/mol. The monoisotopic (exact) mass is 460 g/mol. The molecule has 34 heavy (non-hydrogen) atoms. The third kappa shape index (κ3) is 4.79. The summed E-state index contributed by atoms with van der Waals surface area (Å²) in [6.07, 6.45) is 4.49. The summed E-state index contributed by atoms with van der Waals surface area (Å²) in [4.78, 5) is 33.4. The molecular formula is C23H24N8O3. The van der Waals surface area contributed by atoms with Crippen LogP contribution in [0.3, 0.4) is 0 Å². The van der Waals surface area contributed by atoms with Gasteiger partial charge in [0.15, 0.2) is 5.82 Å². The van der Waals surface area contributed by atoms with Crippen LogP contribution in [-0.2, 0) is 0 Å². The predicted molar refractivity (Wildman–Crippen MR) is 128 cm³/mol. The molecule has 0 fully saturated rings. The number of hydrogen-bond acceptors (Lipinski definition) is 7. The van der Waals surface area contributed by atoms with Gasteiger partial charge in [-0.15, -0.1) is 0 Å². The van der Waals surface area contributed by atoms with E-state index in [-0.39, 0.29) is 18.3 Å². The molecule has 11 heteroatoms. The van der Waals surface area contributed by atoms with E-state index in [0.717, 1.165) is 5.56 Å². The van der Waals surface area contributed by atoms with Crippen molar-refractivity contribution in [2.45, 2.75) is 19.9 Å². The number of nitrogens with zero attached hydrogens (tertiary/aromatic N) is 4. The number of anilines is 3. The van der Waals surface area contributed by atoms with Gasteiger partial charge in [0, 0.05) is 29.7 Å². The molecule has 3 aromatic heterocycles. The van der Waals surface area contributed by atoms with Crippen molar-refractivity contribution in [3.63, 3.8) is 0 Å². The molecule has 3 amide bonds. The van der Waals surface area contributed by atoms with Crippen LogP contribution in [0.1, 0.15) is 22.8 Å². The number of nitrogen functional groups attached to an aromatic ring is 1. The summed E-state index contributed by atoms with van der Waals surface area (Å²) in [5, 5.41) is 21.6. The molecule has 0 aliphatic carbocycles. The number of benzene rings is 1. The number of carbonyl (C=O) groups is 2. The number of nitrogens with one attached hydrogen (secondary N) is 3. The van der Waals surface area contributed by atoms with Crippen molar-refractivity contribution in [1.29, 1.82) is 0 Å². The maximum atomic E-state index is 12.9. The van der Waals surface area contributed by atoms with Crippen molar-refractivity contribution >= 4 is 34.8 Å². The van der Waals surface area contributed by atoms with Crippen LogP contribution in [0.2, 0.25) is 0 Å². The Balaban J connectivity index is 1.62. The van der Waals surface area contributed by atoms with Crippen molar-refractivity contribution in [3.8, 4) is 11.1 Å². The Kier molecular flexibility index (Phi) is 6.37. The van der Waals surface area contributed by atoms with Gasteiger partial charge in [0.05, 0.1) is 12.2 Å². The standard InChI is InChI=1S/C23H24N8O3/c1-13-7-8-25-18(9-13)30-23(34)29-16-5-3-15(4-6-16)19-17(22(33)28-14(2)11-32)10-31-20(19)21(24)26-12-27-31/h3-10,12,14,32H,11H2,1-2H3,(H,28,33)(H2,24,26,27)(H2,25,29,30,34). The maximum Gasteiger partial charge on any atom is 0.324 e. The highest BCUT2D eigenvalue weighted by molar-refractivity contribution is 6.07. The van der Waals surface area contributed by atoms with Crippen molar-refractivity contribution in [2.75, 3.05) is 23.0 Å². The van der Waals surface area contributed by atoms with Gasteiger partial charge in [0.2, 0.25) is 0 Å². The molecule has 174 valence electrons. The number of hydrogen-bond donors (Lipinski definition) is 5. The van der Waals surface area contributed by atoms with E-state index < -0.39 is 12.1 Å². The molecule has 6 N–H and O–H groups in total. The number of aryl methyl sites for hydroxylation is 1. The van der Waals surface area contributed by atoms with Gasteiger partial charge >= 0.3 is 6.03 Å². The molecule has 1 aromatic carbocycles. The van der Waals surface area contributed by atoms with Crippen LogP contribution in [0.5, 0.6) is 0 Å². The smallest absolute Gasteiger partial charge is 0.324 e. The van der Waals surface area contributed by atoms with Crippen molar-refractivity contribution < 1.29 is 14.7 Å². The fourth-order valence-corrected chi connectivity index (χ4v) is 3.45. The minimum absolute atomic E-state index is 0.198. The molecule has 11 nitrogen and oxygen atoms in total. The molecule has 1 atom stereocenters. The van der Waals surface area contributed by atoms with Crippen molar-refractivity contribution in [3.05, 3.63) is 66.2 Å². The highest BCUT2D eigenvalue weighted by Crippen LogP contribution is 2.33. The van der Waals surface area contributed by atoms with Gasteiger partial charge in [0.1, 0.15) is 17.7 Å². The fraction of sp³-hybridized carbons (Fsp3) is 0.174. The Hall–Kier alpha value is -4.51. The van der Waals surface area contributed by atoms with E-state index in [9.17, 15) is 14.7 Å². The maximum absolute atomic E-state index is 12.9. The van der Waals surface area contributed by atoms with Crippen LogP contribution in [0.15, 0.2) is 55.1 Å². The van der Waals surface area contributed by atoms with E-state index in [4.69, 9.17) is 5.73 Å². The van der Waals surface area contributed by atoms with E-state index >= 15 is 0 Å². The summed E-state index contributed by atoms with van der Waals surface area (Å²) in [5.41, 5.74) is 9.65. The summed E-state index contributed by atoms with van der Waals surface area (Å²) >= 11 is 0. The second-order valence-electron chi connectivity index (χ2n) is 7.79. The summed E-state index contributed by atoms with van der Waals surface area (Å²) < 4.78 is 1.49. The number of nitrogens with two attached hydrogens (primary N) is 1. The number of aromatic nitrogens is 4. The Morgan fingerprint density at radius 1 is 1.15 bits per heavy atom. The van der Waals surface area contributed by atoms with E-state index in [1.54, 1.807) is 49.6 Å². The molecule has 0 radical (unpaired) electrons. The van der Waals surface area contributed by atoms with Gasteiger partial charge in [-0.25, -0.2) is 19.3 Å². The Morgan fingerprint density at radius 3 is 2.62 bits per heavy atom. The topological polar surface area (TPSA) is 160 Å². The average Bonchev–Trinajstić information content (AvgIpc) is 3.20. The first-order chi connectivity index (χ1) is 16.4. The van der Waals surface area contributed by atoms with Crippen LogP contribution >= 0.6 is 0 Å². The Morgan fingerprint density at radius 2 is 1.91 bits per heavy atom. The quantitative estimate of drug-likeness (QED) is 0.295. The van der Waals surface area contributed by atoms with Crippen LogP contribution in [0.4, 0.5) is 22.1 Å². The average molecular weight is 460 g/mol. The normalized spacial score (nSPS) is 11.7. The number of amides is 3. The number of rotatable bonds is 6. The Labute approximate surface area is 195 Å². The van der Waals surface area contributed by atoms with Crippen LogP contribution in [0.25, 0.3) is 16.6 Å². The van der Waals surface area contributed by atoms with Crippen LogP contribution in [-0.4, -0.2) is 49.3 Å². The number of fused-ring (bicyclic) bond motifs is 1. The zero-order valence-corrected chi connectivity index (χ0v) is 18.6. The lowest BCUT2D eigenvalue weighted by atomic mass is 10.0. The van der Waals surface area contributed by atoms with E-state index in [0.29, 0.717) is 33.7 Å². The minimum atomic E-state index is -0.434. The lowest BCUT2D eigenvalue weighted by Gasteiger charge is -2.12. The van der Waals surface area contributed by atoms with Gasteiger partial charge in [-0.3, -0.25) is 10.1 Å². The second-order valence-corrected chi connectivity index (χ2v) is 7.79. The molecule has 4 aromatic rings. The highest BCUT2D eigenvalue weighted by Gasteiger charge is 2.22. The lowest BCUT2D eigenvalue weighted by Crippen LogP contribution is -2.35. The number of aliphatic hydroxyl groups is 1. The van der Waals surface area contributed by atoms with Gasteiger partial charge in [-0.05, 0) is 49.2 Å². The highest BCUT2D eigenvalue weighted by atomic mass is 16.3. The van der Waals surface area contributed by atoms with Crippen LogP contribution in [0, 0.1) is 6.92 Å². The number of carbonyl (C=O) groups excluding carboxylic acids is 2. The zero-order valence-electron chi connectivity index (χ0n) is 18.6. The first kappa shape index (κ1) is 22.7. The summed E-state index contributed by atoms with van der Waals surface area (Å²) in [5.74, 6) is 0.276. The molecule has 0 saturated carbocycles. The van der Waals surface area contributed by atoms with Gasteiger partial charge in [-0.1, -0.05) is 12.1 Å². The van der Waals surface area contributed by atoms with Crippen LogP contribution < -0.4 is 21.7 Å². The first-order valence-electron chi connectivity index (χ1n) is 10.5. The molecule has 0 aliphatic rings. The largest absolute Gasteiger partial charge is 0.394 e. The lowest BCUT2D eigenvalue weighted by molar-refractivity contribution is 0.0923. The minimum Gasteiger partial charge on any atom is -0.394 e. The number of aliphatic hydroxyl groups excluding tert-OH is 1. The van der Waals surface area contributed by atoms with E-state index in [1.165, 1.54) is 10.8 Å². The summed E-state index contributed by atoms with van der Waals surface area (Å²) in [6.45, 7) is 3.40. The molecule has 0 bridgehead atoms. The molecule has 4 rings (SSSR count). The number of urea groups is 1. The molecule has 1 unspecified atom stereocenters. The fourth-order valence-electron chi connectivity index (χ4n) is 3.45. The van der Waals surface area contributed by atoms with Crippen molar-refractivity contribution in [1.82, 2.24) is 24.9 Å². The summed E-state index contributed by atoms with van der Waals surface area (Å²) in [7, 11) is 0. The predicted octanol–water partition coefficient (Wildman–Crippen LogP) is 2.44. The zero-order chi connectivity index (χ0) is 24.2. The van der Waals surface area contributed by atoms with Crippen molar-refractivity contribution in [2.24, 2.45) is 0 Å². The molecule has 0 aliphatic heterocycles. The molecule has 3 heterocycles. The summed E-state index contributed by atoms with van der Waals surface area (Å²) in [6, 6.07) is 9.67. The van der Waals surface area contributed by atoms with E-state index in [2.05, 4.69) is 31.0 Å². The molecule has 0 saturated heterocycles. The molecule has 0 spiro atoms. The van der Waals surface area contributed by atoms with Gasteiger partial charge < -0.3 is 21.5 Å². The number of pyridine rings is 1. The van der Waals surface area contributed by atoms with Gasteiger partial charge in [-0.2, -0.15) is 5.10 Å².